The summed E-state index contributed by atoms with van der Waals surface area (Å²) < 4.78 is 12.5. The first kappa shape index (κ1) is 12.9. The van der Waals surface area contributed by atoms with Gasteiger partial charge in [0.25, 0.3) is 0 Å². The molecule has 1 fully saturated rings. The summed E-state index contributed by atoms with van der Waals surface area (Å²) in [6.07, 6.45) is 0.879. The quantitative estimate of drug-likeness (QED) is 0.843. The summed E-state index contributed by atoms with van der Waals surface area (Å²) in [5.74, 6) is 1.35. The molecule has 0 saturated carbocycles. The lowest BCUT2D eigenvalue weighted by Gasteiger charge is -2.23. The van der Waals surface area contributed by atoms with Gasteiger partial charge >= 0.3 is 0 Å². The summed E-state index contributed by atoms with van der Waals surface area (Å²) in [5.41, 5.74) is 7.12. The normalized spacial score (nSPS) is 22.1. The van der Waals surface area contributed by atoms with Gasteiger partial charge in [0, 0.05) is 23.9 Å². The van der Waals surface area contributed by atoms with Gasteiger partial charge in [-0.1, -0.05) is 0 Å². The van der Waals surface area contributed by atoms with Gasteiger partial charge in [-0.2, -0.15) is 0 Å². The van der Waals surface area contributed by atoms with E-state index in [1.807, 2.05) is 16.8 Å². The first-order chi connectivity index (χ1) is 9.62. The number of rotatable bonds is 3. The topological polar surface area (TPSA) is 88.1 Å². The van der Waals surface area contributed by atoms with E-state index in [1.165, 1.54) is 0 Å². The van der Waals surface area contributed by atoms with Crippen LogP contribution in [0.15, 0.2) is 18.2 Å². The number of anilines is 1. The predicted octanol–water partition coefficient (Wildman–Crippen LogP) is 1.07. The Bertz CT molecular complexity index is 619. The van der Waals surface area contributed by atoms with Crippen LogP contribution in [0.1, 0.15) is 13.3 Å². The van der Waals surface area contributed by atoms with Gasteiger partial charge in [-0.15, -0.1) is 5.10 Å². The van der Waals surface area contributed by atoms with Crippen molar-refractivity contribution in [3.63, 3.8) is 0 Å². The van der Waals surface area contributed by atoms with E-state index in [4.69, 9.17) is 15.2 Å². The molecule has 1 atom stereocenters. The Hall–Kier alpha value is -2.15. The third-order valence-corrected chi connectivity index (χ3v) is 3.60. The molecule has 0 radical (unpaired) electrons. The molecule has 1 aromatic carbocycles. The molecule has 1 unspecified atom stereocenters. The molecule has 7 nitrogen and oxygen atoms in total. The Morgan fingerprint density at radius 1 is 1.40 bits per heavy atom. The SMILES string of the molecule is COc1cc(N)cc(-c2nnnn2C2(C)CCOC2)c1. The molecule has 106 valence electrons. The van der Waals surface area contributed by atoms with Gasteiger partial charge in [0.05, 0.1) is 19.3 Å². The monoisotopic (exact) mass is 275 g/mol. The van der Waals surface area contributed by atoms with E-state index >= 15 is 0 Å². The largest absolute Gasteiger partial charge is 0.497 e. The van der Waals surface area contributed by atoms with Crippen LogP contribution < -0.4 is 10.5 Å². The third-order valence-electron chi connectivity index (χ3n) is 3.60. The van der Waals surface area contributed by atoms with Crippen LogP contribution in [-0.2, 0) is 10.3 Å². The van der Waals surface area contributed by atoms with Gasteiger partial charge in [0.15, 0.2) is 5.82 Å². The number of nitrogens with zero attached hydrogens (tertiary/aromatic N) is 4. The number of nitrogen functional groups attached to an aromatic ring is 1. The fraction of sp³-hybridized carbons (Fsp3) is 0.462. The molecule has 7 heteroatoms. The highest BCUT2D eigenvalue weighted by atomic mass is 16.5. The maximum absolute atomic E-state index is 5.90. The van der Waals surface area contributed by atoms with Crippen LogP contribution in [0.3, 0.4) is 0 Å². The smallest absolute Gasteiger partial charge is 0.182 e. The molecule has 0 aliphatic carbocycles. The first-order valence-electron chi connectivity index (χ1n) is 6.44. The van der Waals surface area contributed by atoms with E-state index < -0.39 is 0 Å². The molecule has 2 N–H and O–H groups in total. The van der Waals surface area contributed by atoms with Gasteiger partial charge in [-0.25, -0.2) is 4.68 Å². The van der Waals surface area contributed by atoms with E-state index in [-0.39, 0.29) is 5.54 Å². The summed E-state index contributed by atoms with van der Waals surface area (Å²) in [6.45, 7) is 3.41. The van der Waals surface area contributed by atoms with Gasteiger partial charge in [-0.3, -0.25) is 0 Å². The fourth-order valence-electron chi connectivity index (χ4n) is 2.42. The summed E-state index contributed by atoms with van der Waals surface area (Å²) in [4.78, 5) is 0. The number of benzene rings is 1. The molecule has 0 amide bonds. The highest BCUT2D eigenvalue weighted by Crippen LogP contribution is 2.32. The summed E-state index contributed by atoms with van der Waals surface area (Å²) in [5, 5.41) is 12.1. The summed E-state index contributed by atoms with van der Waals surface area (Å²) in [7, 11) is 1.60. The van der Waals surface area contributed by atoms with E-state index in [9.17, 15) is 0 Å². The zero-order valence-corrected chi connectivity index (χ0v) is 11.5. The lowest BCUT2D eigenvalue weighted by atomic mass is 10.0. The highest BCUT2D eigenvalue weighted by Gasteiger charge is 2.35. The third kappa shape index (κ3) is 2.09. The van der Waals surface area contributed by atoms with Gasteiger partial charge < -0.3 is 15.2 Å². The van der Waals surface area contributed by atoms with Gasteiger partial charge in [-0.05, 0) is 35.9 Å². The van der Waals surface area contributed by atoms with Crippen molar-refractivity contribution < 1.29 is 9.47 Å². The Kier molecular flexibility index (Phi) is 3.06. The molecule has 0 spiro atoms. The molecule has 1 saturated heterocycles. The zero-order chi connectivity index (χ0) is 14.2. The number of hydrogen-bond donors (Lipinski definition) is 1. The second kappa shape index (κ2) is 4.75. The molecule has 0 bridgehead atoms. The Labute approximate surface area is 116 Å². The zero-order valence-electron chi connectivity index (χ0n) is 11.5. The molecule has 3 rings (SSSR count). The van der Waals surface area contributed by atoms with Crippen molar-refractivity contribution in [1.29, 1.82) is 0 Å². The van der Waals surface area contributed by atoms with Crippen molar-refractivity contribution in [3.8, 4) is 17.1 Å². The molecule has 1 aromatic heterocycles. The van der Waals surface area contributed by atoms with Crippen molar-refractivity contribution in [2.45, 2.75) is 18.9 Å². The van der Waals surface area contributed by atoms with Crippen LogP contribution in [0.25, 0.3) is 11.4 Å². The number of tetrazole rings is 1. The minimum absolute atomic E-state index is 0.226. The highest BCUT2D eigenvalue weighted by molar-refractivity contribution is 5.64. The number of hydrogen-bond acceptors (Lipinski definition) is 6. The fourth-order valence-corrected chi connectivity index (χ4v) is 2.42. The number of aromatic nitrogens is 4. The van der Waals surface area contributed by atoms with Crippen LogP contribution >= 0.6 is 0 Å². The second-order valence-corrected chi connectivity index (χ2v) is 5.21. The van der Waals surface area contributed by atoms with E-state index in [2.05, 4.69) is 22.4 Å². The van der Waals surface area contributed by atoms with Gasteiger partial charge in [0.1, 0.15) is 5.75 Å². The van der Waals surface area contributed by atoms with Crippen LogP contribution in [0.4, 0.5) is 5.69 Å². The van der Waals surface area contributed by atoms with Crippen molar-refractivity contribution in [2.75, 3.05) is 26.1 Å². The minimum atomic E-state index is -0.226. The number of ether oxygens (including phenoxy) is 2. The minimum Gasteiger partial charge on any atom is -0.497 e. The van der Waals surface area contributed by atoms with E-state index in [0.717, 1.165) is 18.6 Å². The Balaban J connectivity index is 2.07. The van der Waals surface area contributed by atoms with Crippen molar-refractivity contribution in [3.05, 3.63) is 18.2 Å². The van der Waals surface area contributed by atoms with Crippen molar-refractivity contribution in [2.24, 2.45) is 0 Å². The lowest BCUT2D eigenvalue weighted by Crippen LogP contribution is -2.32. The average Bonchev–Trinajstić information content (AvgIpc) is 3.07. The molecular weight excluding hydrogens is 258 g/mol. The maximum atomic E-state index is 5.90. The second-order valence-electron chi connectivity index (χ2n) is 5.21. The molecular formula is C13H17N5O2. The average molecular weight is 275 g/mol. The number of nitrogens with two attached hydrogens (primary N) is 1. The molecule has 2 heterocycles. The standard InChI is InChI=1S/C13H17N5O2/c1-13(3-4-20-8-13)18-12(15-16-17-18)9-5-10(14)7-11(6-9)19-2/h5-7H,3-4,8,14H2,1-2H3. The molecule has 20 heavy (non-hydrogen) atoms. The summed E-state index contributed by atoms with van der Waals surface area (Å²) in [6, 6.07) is 5.47. The van der Waals surface area contributed by atoms with Crippen LogP contribution in [0.2, 0.25) is 0 Å². The maximum Gasteiger partial charge on any atom is 0.182 e. The number of methoxy groups -OCH3 is 1. The first-order valence-corrected chi connectivity index (χ1v) is 6.44. The van der Waals surface area contributed by atoms with Crippen molar-refractivity contribution in [1.82, 2.24) is 20.2 Å². The predicted molar refractivity (Wildman–Crippen MR) is 73.3 cm³/mol. The Morgan fingerprint density at radius 2 is 2.25 bits per heavy atom. The van der Waals surface area contributed by atoms with Crippen molar-refractivity contribution >= 4 is 5.69 Å². The molecule has 1 aliphatic rings. The summed E-state index contributed by atoms with van der Waals surface area (Å²) >= 11 is 0. The van der Waals surface area contributed by atoms with Crippen LogP contribution in [0, 0.1) is 0 Å². The van der Waals surface area contributed by atoms with Crippen LogP contribution in [0.5, 0.6) is 5.75 Å². The lowest BCUT2D eigenvalue weighted by molar-refractivity contribution is 0.155. The molecule has 1 aliphatic heterocycles. The Morgan fingerprint density at radius 3 is 2.95 bits per heavy atom. The van der Waals surface area contributed by atoms with E-state index in [0.29, 0.717) is 23.9 Å². The van der Waals surface area contributed by atoms with Crippen LogP contribution in [-0.4, -0.2) is 40.5 Å². The van der Waals surface area contributed by atoms with Gasteiger partial charge in [0.2, 0.25) is 0 Å². The molecule has 2 aromatic rings. The van der Waals surface area contributed by atoms with E-state index in [1.54, 1.807) is 13.2 Å².